The lowest BCUT2D eigenvalue weighted by Gasteiger charge is -2.52. The molecule has 0 N–H and O–H groups in total. The number of hydrogen-bond donors (Lipinski definition) is 0. The average Bonchev–Trinajstić information content (AvgIpc) is 2.45. The molecule has 0 aromatic carbocycles. The summed E-state index contributed by atoms with van der Waals surface area (Å²) in [5, 5.41) is 0. The normalized spacial score (nSPS) is 48.7. The first-order chi connectivity index (χ1) is 39.5. The molecule has 0 aromatic rings. The fourth-order valence-electron chi connectivity index (χ4n) is 15.8. The van der Waals surface area contributed by atoms with Gasteiger partial charge in [0.25, 0.3) is 0 Å². The second kappa shape index (κ2) is 25.1. The van der Waals surface area contributed by atoms with Gasteiger partial charge in [-0.25, -0.2) is 0 Å². The van der Waals surface area contributed by atoms with Crippen LogP contribution in [0.5, 0.6) is 0 Å². The standard InChI is InChI=1S/C62H90O20/c1-9-19-68-54-30-62-18-16-40-21-33(3)43(70-40)14-12-38-20-32(2)35(5)45(71-38)26-48-51(76-53(65)24-39-13-15-44-57(72-39)59(81-62)58(78-54)56(77-44)36(6)79-62)28-50-49(75-48)27-46(66-7)47(74-50)23-37(63)22-41-11-10-17-61(80-41)29-34(4)55-60(82-61)69-31-42(73-55)25-52(64)67-8/h9,32,34,36,38-51,54-60H,1,3,5,10-31H2,2,4,6-8H3/t32-,34+,36?,38?,39?,40?,41-,42?,43?,44?,45-,46-,47?,48?,49+,50?,51?,54+,55?,56?,57+,58?,59?,60?,61-,62+/m1/s1. The summed E-state index contributed by atoms with van der Waals surface area (Å²) in [5.74, 6) is -2.59. The number of ether oxygens (including phenoxy) is 17. The summed E-state index contributed by atoms with van der Waals surface area (Å²) in [5.41, 5.74) is 2.07. The Hall–Kier alpha value is -2.77. The van der Waals surface area contributed by atoms with Crippen molar-refractivity contribution in [1.82, 2.24) is 0 Å². The Morgan fingerprint density at radius 1 is 0.646 bits per heavy atom. The van der Waals surface area contributed by atoms with Crippen LogP contribution in [-0.2, 0) is 94.9 Å². The third-order valence-electron chi connectivity index (χ3n) is 20.0. The van der Waals surface area contributed by atoms with E-state index in [1.165, 1.54) is 7.11 Å². The second-order valence-corrected chi connectivity index (χ2v) is 25.9. The molecule has 0 aliphatic carbocycles. The SMILES string of the molecule is C=CCO[C@@H]1C[C@@]23CCC4CC(=C)C(CCC5C[C@@H](C)C(=C)[C@@H](CC6O[C@H]7C[C@@H](OC)C(CC(=O)C[C@H]8CCC[C@@]9(C[C@H](C)C%10OC(CC(=O)OC)COC%10O9)O8)OC7CC6OC(=O)CC6CCC7OC(C(C)O2)C(O1)C(O3)[C@H]7O6)O5)O4. The van der Waals surface area contributed by atoms with Crippen molar-refractivity contribution in [2.45, 2.75) is 295 Å². The molecule has 10 bridgehead atoms. The number of rotatable bonds is 10. The van der Waals surface area contributed by atoms with Gasteiger partial charge >= 0.3 is 11.9 Å². The van der Waals surface area contributed by atoms with Gasteiger partial charge in [-0.1, -0.05) is 33.1 Å². The molecule has 0 radical (unpaired) electrons. The van der Waals surface area contributed by atoms with E-state index in [1.54, 1.807) is 13.2 Å². The van der Waals surface area contributed by atoms with E-state index in [-0.39, 0.29) is 105 Å². The minimum atomic E-state index is -1.09. The third kappa shape index (κ3) is 12.8. The summed E-state index contributed by atoms with van der Waals surface area (Å²) in [6, 6.07) is 0. The lowest BCUT2D eigenvalue weighted by Crippen LogP contribution is -2.63. The zero-order chi connectivity index (χ0) is 57.0. The average molecular weight is 1160 g/mol. The molecule has 26 atom stereocenters. The van der Waals surface area contributed by atoms with Gasteiger partial charge in [0, 0.05) is 58.5 Å². The summed E-state index contributed by atoms with van der Waals surface area (Å²) in [4.78, 5) is 40.7. The number of ketones is 1. The van der Waals surface area contributed by atoms with Gasteiger partial charge in [0.2, 0.25) is 0 Å². The molecular weight excluding hydrogens is 1060 g/mol. The Morgan fingerprint density at radius 3 is 2.27 bits per heavy atom. The third-order valence-corrected chi connectivity index (χ3v) is 20.0. The summed E-state index contributed by atoms with van der Waals surface area (Å²) < 4.78 is 112. The lowest BCUT2D eigenvalue weighted by molar-refractivity contribution is -0.407. The number of carbonyl (C=O) groups excluding carboxylic acids is 3. The summed E-state index contributed by atoms with van der Waals surface area (Å²) in [6.45, 7) is 19.7. The van der Waals surface area contributed by atoms with E-state index in [0.29, 0.717) is 77.2 Å². The maximum Gasteiger partial charge on any atom is 0.308 e. The van der Waals surface area contributed by atoms with Crippen LogP contribution in [0.3, 0.4) is 0 Å². The Kier molecular flexibility index (Phi) is 18.3. The van der Waals surface area contributed by atoms with Crippen LogP contribution >= 0.6 is 0 Å². The predicted molar refractivity (Wildman–Crippen MR) is 289 cm³/mol. The minimum Gasteiger partial charge on any atom is -0.469 e. The number of fused-ring (bicyclic) bond motifs is 8. The van der Waals surface area contributed by atoms with E-state index in [2.05, 4.69) is 33.6 Å². The first kappa shape index (κ1) is 59.6. The van der Waals surface area contributed by atoms with Crippen molar-refractivity contribution in [3.8, 4) is 0 Å². The maximum absolute atomic E-state index is 14.5. The van der Waals surface area contributed by atoms with Crippen LogP contribution in [0.25, 0.3) is 0 Å². The van der Waals surface area contributed by atoms with Gasteiger partial charge in [-0.15, -0.1) is 6.58 Å². The molecule has 12 aliphatic heterocycles. The smallest absolute Gasteiger partial charge is 0.308 e. The maximum atomic E-state index is 14.5. The Morgan fingerprint density at radius 2 is 1.44 bits per heavy atom. The molecule has 82 heavy (non-hydrogen) atoms. The molecule has 0 aromatic heterocycles. The number of carbonyl (C=O) groups is 3. The fourth-order valence-corrected chi connectivity index (χ4v) is 15.8. The molecule has 16 unspecified atom stereocenters. The molecule has 12 fully saturated rings. The first-order valence-electron chi connectivity index (χ1n) is 31.0. The van der Waals surface area contributed by atoms with E-state index in [4.69, 9.17) is 80.5 Å². The fraction of sp³-hybridized carbons (Fsp3) is 0.855. The van der Waals surface area contributed by atoms with Gasteiger partial charge in [0.15, 0.2) is 24.2 Å². The lowest BCUT2D eigenvalue weighted by atomic mass is 9.82. The minimum absolute atomic E-state index is 0.00109. The molecule has 458 valence electrons. The molecule has 1 spiro atoms. The van der Waals surface area contributed by atoms with Crippen molar-refractivity contribution in [2.24, 2.45) is 11.8 Å². The number of methoxy groups -OCH3 is 2. The number of esters is 2. The van der Waals surface area contributed by atoms with Crippen molar-refractivity contribution in [3.05, 3.63) is 37.0 Å². The molecule has 20 nitrogen and oxygen atoms in total. The van der Waals surface area contributed by atoms with Gasteiger partial charge in [0.05, 0.1) is 125 Å². The van der Waals surface area contributed by atoms with E-state index < -0.39 is 103 Å². The summed E-state index contributed by atoms with van der Waals surface area (Å²) >= 11 is 0. The highest BCUT2D eigenvalue weighted by Crippen LogP contribution is 2.50. The highest BCUT2D eigenvalue weighted by molar-refractivity contribution is 5.79. The highest BCUT2D eigenvalue weighted by Gasteiger charge is 2.62. The topological polar surface area (TPSA) is 208 Å². The molecular formula is C62H90O20. The largest absolute Gasteiger partial charge is 0.469 e. The van der Waals surface area contributed by atoms with Gasteiger partial charge in [-0.05, 0) is 87.7 Å². The molecule has 0 saturated carbocycles. The number of Topliss-reactive ketones (excluding diaryl/α,β-unsaturated/α-hetero) is 1. The first-order valence-corrected chi connectivity index (χ1v) is 31.0. The van der Waals surface area contributed by atoms with E-state index >= 15 is 0 Å². The van der Waals surface area contributed by atoms with Crippen LogP contribution in [0.2, 0.25) is 0 Å². The second-order valence-electron chi connectivity index (χ2n) is 25.9. The Balaban J connectivity index is 0.743. The van der Waals surface area contributed by atoms with Gasteiger partial charge < -0.3 is 80.5 Å². The van der Waals surface area contributed by atoms with Crippen LogP contribution in [0, 0.1) is 11.8 Å². The Labute approximate surface area is 482 Å². The quantitative estimate of drug-likeness (QED) is 0.158. The van der Waals surface area contributed by atoms with E-state index in [9.17, 15) is 14.4 Å². The monoisotopic (exact) mass is 1150 g/mol. The highest BCUT2D eigenvalue weighted by atomic mass is 16.8. The van der Waals surface area contributed by atoms with Gasteiger partial charge in [-0.3, -0.25) is 14.4 Å². The Bertz CT molecular complexity index is 2320. The van der Waals surface area contributed by atoms with Crippen LogP contribution < -0.4 is 0 Å². The zero-order valence-corrected chi connectivity index (χ0v) is 48.8. The molecule has 12 saturated heterocycles. The number of hydrogen-bond acceptors (Lipinski definition) is 20. The predicted octanol–water partition coefficient (Wildman–Crippen LogP) is 7.12. The van der Waals surface area contributed by atoms with Gasteiger partial charge in [-0.2, -0.15) is 0 Å². The van der Waals surface area contributed by atoms with Crippen molar-refractivity contribution >= 4 is 17.7 Å². The molecule has 12 heterocycles. The van der Waals surface area contributed by atoms with Crippen LogP contribution in [-0.4, -0.2) is 191 Å². The zero-order valence-electron chi connectivity index (χ0n) is 48.8. The molecule has 12 rings (SSSR count). The van der Waals surface area contributed by atoms with Crippen LogP contribution in [0.4, 0.5) is 0 Å². The van der Waals surface area contributed by atoms with E-state index in [1.807, 2.05) is 6.92 Å². The van der Waals surface area contributed by atoms with Crippen molar-refractivity contribution < 1.29 is 94.9 Å². The van der Waals surface area contributed by atoms with Crippen molar-refractivity contribution in [2.75, 3.05) is 27.4 Å². The molecule has 12 aliphatic rings. The van der Waals surface area contributed by atoms with Crippen molar-refractivity contribution in [3.63, 3.8) is 0 Å². The van der Waals surface area contributed by atoms with E-state index in [0.717, 1.165) is 43.3 Å². The van der Waals surface area contributed by atoms with Crippen LogP contribution in [0.1, 0.15) is 149 Å². The molecule has 20 heteroatoms. The summed E-state index contributed by atoms with van der Waals surface area (Å²) in [6.07, 6.45) is 2.48. The molecule has 0 amide bonds. The van der Waals surface area contributed by atoms with Crippen LogP contribution in [0.15, 0.2) is 37.0 Å². The summed E-state index contributed by atoms with van der Waals surface area (Å²) in [7, 11) is 3.00. The van der Waals surface area contributed by atoms with Crippen molar-refractivity contribution in [1.29, 1.82) is 0 Å². The van der Waals surface area contributed by atoms with Gasteiger partial charge in [0.1, 0.15) is 42.4 Å².